The Hall–Kier alpha value is -1.51. The highest BCUT2D eigenvalue weighted by atomic mass is 35.5. The molecule has 0 amide bonds. The summed E-state index contributed by atoms with van der Waals surface area (Å²) in [7, 11) is 0. The quantitative estimate of drug-likeness (QED) is 0.822. The van der Waals surface area contributed by atoms with Crippen LogP contribution in [0, 0.1) is 11.3 Å². The first-order valence-electron chi connectivity index (χ1n) is 6.85. The highest BCUT2D eigenvalue weighted by Crippen LogP contribution is 2.32. The molecule has 0 spiro atoms. The zero-order valence-corrected chi connectivity index (χ0v) is 13.5. The fourth-order valence-corrected chi connectivity index (χ4v) is 2.64. The minimum atomic E-state index is -0.647. The molecular weight excluding hydrogens is 304 g/mol. The van der Waals surface area contributed by atoms with Crippen molar-refractivity contribution in [2.45, 2.75) is 43.3 Å². The molecule has 0 saturated heterocycles. The molecule has 1 aromatic carbocycles. The summed E-state index contributed by atoms with van der Waals surface area (Å²) in [5.74, 6) is 0. The lowest BCUT2D eigenvalue weighted by atomic mass is 9.77. The number of nitrogens with zero attached hydrogens (tertiary/aromatic N) is 4. The molecule has 0 fully saturated rings. The van der Waals surface area contributed by atoms with Gasteiger partial charge < -0.3 is 0 Å². The van der Waals surface area contributed by atoms with Crippen LogP contribution in [0.25, 0.3) is 0 Å². The molecule has 0 bridgehead atoms. The third kappa shape index (κ3) is 3.58. The summed E-state index contributed by atoms with van der Waals surface area (Å²) in [5.41, 5.74) is 0.303. The number of aromatic nitrogens is 3. The van der Waals surface area contributed by atoms with Gasteiger partial charge in [0.2, 0.25) is 0 Å². The van der Waals surface area contributed by atoms with E-state index in [1.807, 2.05) is 24.3 Å². The Morgan fingerprint density at radius 1 is 1.38 bits per heavy atom. The van der Waals surface area contributed by atoms with Crippen molar-refractivity contribution in [2.24, 2.45) is 0 Å². The molecule has 0 aliphatic carbocycles. The Balaban J connectivity index is 2.40. The van der Waals surface area contributed by atoms with Crippen molar-refractivity contribution < 1.29 is 0 Å². The lowest BCUT2D eigenvalue weighted by Crippen LogP contribution is -2.31. The van der Waals surface area contributed by atoms with Crippen LogP contribution in [0.2, 0.25) is 5.02 Å². The van der Waals surface area contributed by atoms with E-state index in [1.54, 1.807) is 4.68 Å². The molecule has 2 aromatic rings. The monoisotopic (exact) mass is 320 g/mol. The summed E-state index contributed by atoms with van der Waals surface area (Å²) in [6, 6.07) is 9.95. The molecule has 4 nitrogen and oxygen atoms in total. The van der Waals surface area contributed by atoms with Crippen molar-refractivity contribution in [2.75, 3.05) is 0 Å². The largest absolute Gasteiger partial charge is 0.239 e. The van der Waals surface area contributed by atoms with E-state index in [9.17, 15) is 5.26 Å². The van der Waals surface area contributed by atoms with Crippen molar-refractivity contribution in [3.63, 3.8) is 0 Å². The second-order valence-electron chi connectivity index (χ2n) is 5.02. The number of unbranched alkanes of at least 4 members (excludes halogenated alkanes) is 1. The Morgan fingerprint density at radius 2 is 2.10 bits per heavy atom. The second-order valence-corrected chi connectivity index (χ2v) is 5.86. The maximum absolute atomic E-state index is 9.85. The predicted octanol–water partition coefficient (Wildman–Crippen LogP) is 3.87. The van der Waals surface area contributed by atoms with Crippen LogP contribution in [0.1, 0.15) is 31.7 Å². The van der Waals surface area contributed by atoms with Crippen LogP contribution in [0.15, 0.2) is 35.7 Å². The third-order valence-electron chi connectivity index (χ3n) is 3.58. The molecule has 0 radical (unpaired) electrons. The first-order valence-corrected chi connectivity index (χ1v) is 7.68. The molecule has 0 saturated carbocycles. The van der Waals surface area contributed by atoms with Crippen LogP contribution in [-0.4, -0.2) is 14.8 Å². The number of nitriles is 1. The summed E-state index contributed by atoms with van der Waals surface area (Å²) >= 11 is 10.2. The molecule has 6 heteroatoms. The van der Waals surface area contributed by atoms with Gasteiger partial charge in [0, 0.05) is 5.02 Å². The van der Waals surface area contributed by atoms with Gasteiger partial charge in [0.1, 0.15) is 11.7 Å². The van der Waals surface area contributed by atoms with Gasteiger partial charge in [-0.2, -0.15) is 10.4 Å². The zero-order valence-electron chi connectivity index (χ0n) is 11.8. The summed E-state index contributed by atoms with van der Waals surface area (Å²) in [6.07, 6.45) is 4.20. The number of hydrogen-bond donors (Lipinski definition) is 1. The maximum atomic E-state index is 9.85. The molecule has 0 aliphatic rings. The van der Waals surface area contributed by atoms with E-state index in [2.05, 4.69) is 35.7 Å². The SMILES string of the molecule is CCCCC(C#N)(Cn1ncnc1S)c1ccc(Cl)cc1. The van der Waals surface area contributed by atoms with Crippen molar-refractivity contribution >= 4 is 24.2 Å². The average molecular weight is 321 g/mol. The minimum Gasteiger partial charge on any atom is -0.239 e. The summed E-state index contributed by atoms with van der Waals surface area (Å²) in [5, 5.41) is 15.2. The average Bonchev–Trinajstić information content (AvgIpc) is 2.89. The van der Waals surface area contributed by atoms with E-state index in [1.165, 1.54) is 6.33 Å². The van der Waals surface area contributed by atoms with Crippen LogP contribution >= 0.6 is 24.2 Å². The second kappa shape index (κ2) is 6.97. The third-order valence-corrected chi connectivity index (χ3v) is 4.18. The molecular formula is C15H17ClN4S. The van der Waals surface area contributed by atoms with Gasteiger partial charge in [-0.05, 0) is 24.1 Å². The van der Waals surface area contributed by atoms with Crippen molar-refractivity contribution in [1.29, 1.82) is 5.26 Å². The number of rotatable bonds is 6. The van der Waals surface area contributed by atoms with Crippen molar-refractivity contribution in [3.8, 4) is 6.07 Å². The van der Waals surface area contributed by atoms with E-state index < -0.39 is 5.41 Å². The summed E-state index contributed by atoms with van der Waals surface area (Å²) in [4.78, 5) is 4.01. The Bertz CT molecular complexity index is 632. The molecule has 0 aliphatic heterocycles. The van der Waals surface area contributed by atoms with E-state index in [0.29, 0.717) is 16.7 Å². The number of hydrogen-bond acceptors (Lipinski definition) is 4. The highest BCUT2D eigenvalue weighted by Gasteiger charge is 2.33. The minimum absolute atomic E-state index is 0.434. The van der Waals surface area contributed by atoms with Gasteiger partial charge in [-0.1, -0.05) is 43.5 Å². The summed E-state index contributed by atoms with van der Waals surface area (Å²) < 4.78 is 1.66. The Morgan fingerprint density at radius 3 is 2.62 bits per heavy atom. The molecule has 21 heavy (non-hydrogen) atoms. The van der Waals surface area contributed by atoms with E-state index in [4.69, 9.17) is 11.6 Å². The highest BCUT2D eigenvalue weighted by molar-refractivity contribution is 7.80. The van der Waals surface area contributed by atoms with Gasteiger partial charge in [0.25, 0.3) is 0 Å². The smallest absolute Gasteiger partial charge is 0.182 e. The lowest BCUT2D eigenvalue weighted by Gasteiger charge is -2.27. The predicted molar refractivity (Wildman–Crippen MR) is 85.5 cm³/mol. The first kappa shape index (κ1) is 15.9. The molecule has 1 aromatic heterocycles. The number of halogens is 1. The van der Waals surface area contributed by atoms with Gasteiger partial charge in [-0.3, -0.25) is 0 Å². The standard InChI is InChI=1S/C15H17ClN4S/c1-2-3-8-15(9-17,10-20-14(21)18-11-19-20)12-4-6-13(16)7-5-12/h4-7,11H,2-3,8,10H2,1H3,(H,18,19,21). The topological polar surface area (TPSA) is 54.5 Å². The summed E-state index contributed by atoms with van der Waals surface area (Å²) in [6.45, 7) is 2.55. The van der Waals surface area contributed by atoms with Crippen molar-refractivity contribution in [1.82, 2.24) is 14.8 Å². The van der Waals surface area contributed by atoms with Gasteiger partial charge in [-0.25, -0.2) is 9.67 Å². The van der Waals surface area contributed by atoms with Gasteiger partial charge in [-0.15, -0.1) is 12.6 Å². The molecule has 2 rings (SSSR count). The van der Waals surface area contributed by atoms with Gasteiger partial charge >= 0.3 is 0 Å². The number of thiol groups is 1. The molecule has 0 N–H and O–H groups in total. The van der Waals surface area contributed by atoms with Crippen LogP contribution in [0.3, 0.4) is 0 Å². The van der Waals surface area contributed by atoms with Crippen LogP contribution < -0.4 is 0 Å². The van der Waals surface area contributed by atoms with E-state index in [0.717, 1.165) is 24.8 Å². The van der Waals surface area contributed by atoms with E-state index in [-0.39, 0.29) is 0 Å². The first-order chi connectivity index (χ1) is 10.1. The Labute approximate surface area is 135 Å². The Kier molecular flexibility index (Phi) is 5.27. The molecule has 110 valence electrons. The van der Waals surface area contributed by atoms with Gasteiger partial charge in [0.05, 0.1) is 12.6 Å². The maximum Gasteiger partial charge on any atom is 0.182 e. The number of benzene rings is 1. The fourth-order valence-electron chi connectivity index (χ4n) is 2.34. The van der Waals surface area contributed by atoms with Crippen LogP contribution in [0.4, 0.5) is 0 Å². The van der Waals surface area contributed by atoms with Gasteiger partial charge in [0.15, 0.2) is 5.16 Å². The molecule has 1 atom stereocenters. The normalized spacial score (nSPS) is 13.6. The van der Waals surface area contributed by atoms with Crippen LogP contribution in [-0.2, 0) is 12.0 Å². The van der Waals surface area contributed by atoms with Crippen molar-refractivity contribution in [3.05, 3.63) is 41.2 Å². The zero-order chi connectivity index (χ0) is 15.3. The molecule has 1 heterocycles. The van der Waals surface area contributed by atoms with Crippen LogP contribution in [0.5, 0.6) is 0 Å². The van der Waals surface area contributed by atoms with E-state index >= 15 is 0 Å². The fraction of sp³-hybridized carbons (Fsp3) is 0.400. The molecule has 1 unspecified atom stereocenters. The lowest BCUT2D eigenvalue weighted by molar-refractivity contribution is 0.374.